The highest BCUT2D eigenvalue weighted by Gasteiger charge is 2.37. The van der Waals surface area contributed by atoms with Gasteiger partial charge in [0.05, 0.1) is 6.10 Å². The second kappa shape index (κ2) is 6.33. The summed E-state index contributed by atoms with van der Waals surface area (Å²) in [4.78, 5) is 2.55. The fraction of sp³-hybridized carbons (Fsp3) is 1.00. The van der Waals surface area contributed by atoms with E-state index in [0.717, 1.165) is 19.0 Å². The number of aliphatic hydroxyl groups is 1. The Balaban J connectivity index is 1.56. The average molecular weight is 280 g/mol. The highest BCUT2D eigenvalue weighted by Crippen LogP contribution is 2.38. The molecule has 0 aromatic heterocycles. The van der Waals surface area contributed by atoms with E-state index in [9.17, 15) is 5.11 Å². The predicted molar refractivity (Wildman–Crippen MR) is 82.8 cm³/mol. The molecule has 3 aliphatic rings. The van der Waals surface area contributed by atoms with E-state index in [4.69, 9.17) is 0 Å². The van der Waals surface area contributed by atoms with Crippen molar-refractivity contribution in [3.8, 4) is 0 Å². The number of aliphatic hydroxyl groups excluding tert-OH is 1. The highest BCUT2D eigenvalue weighted by molar-refractivity contribution is 4.92. The van der Waals surface area contributed by atoms with Crippen molar-refractivity contribution >= 4 is 0 Å². The molecule has 3 rings (SSSR count). The molecule has 116 valence electrons. The molecule has 20 heavy (non-hydrogen) atoms. The van der Waals surface area contributed by atoms with E-state index in [2.05, 4.69) is 17.1 Å². The first-order valence-corrected chi connectivity index (χ1v) is 8.81. The minimum Gasteiger partial charge on any atom is -0.392 e. The molecule has 2 unspecified atom stereocenters. The SMILES string of the molecule is CC1CCN(CC2(CNC3CC3)CCCCC2)CC1O. The molecule has 2 aliphatic carbocycles. The topological polar surface area (TPSA) is 35.5 Å². The Morgan fingerprint density at radius 2 is 1.90 bits per heavy atom. The van der Waals surface area contributed by atoms with E-state index >= 15 is 0 Å². The Labute approximate surface area is 124 Å². The van der Waals surface area contributed by atoms with Gasteiger partial charge in [0.2, 0.25) is 0 Å². The highest BCUT2D eigenvalue weighted by atomic mass is 16.3. The van der Waals surface area contributed by atoms with Crippen LogP contribution in [0.2, 0.25) is 0 Å². The Morgan fingerprint density at radius 3 is 2.55 bits per heavy atom. The summed E-state index contributed by atoms with van der Waals surface area (Å²) in [6.45, 7) is 6.68. The molecule has 1 heterocycles. The number of hydrogen-bond acceptors (Lipinski definition) is 3. The van der Waals surface area contributed by atoms with Gasteiger partial charge in [0, 0.05) is 25.7 Å². The third kappa shape index (κ3) is 3.75. The maximum absolute atomic E-state index is 10.1. The predicted octanol–water partition coefficient (Wildman–Crippen LogP) is 2.39. The fourth-order valence-electron chi connectivity index (χ4n) is 4.07. The van der Waals surface area contributed by atoms with Gasteiger partial charge in [-0.05, 0) is 50.0 Å². The number of β-amino-alcohol motifs (C(OH)–C–C–N with tert-alkyl or cyclic N) is 1. The second-order valence-electron chi connectivity index (χ2n) is 7.78. The first-order chi connectivity index (χ1) is 9.67. The van der Waals surface area contributed by atoms with Crippen molar-refractivity contribution in [1.29, 1.82) is 0 Å². The van der Waals surface area contributed by atoms with Gasteiger partial charge >= 0.3 is 0 Å². The Morgan fingerprint density at radius 1 is 1.15 bits per heavy atom. The molecule has 0 amide bonds. The Bertz CT molecular complexity index is 310. The molecule has 3 heteroatoms. The van der Waals surface area contributed by atoms with Crippen LogP contribution in [0, 0.1) is 11.3 Å². The van der Waals surface area contributed by atoms with Crippen molar-refractivity contribution in [1.82, 2.24) is 10.2 Å². The summed E-state index contributed by atoms with van der Waals surface area (Å²) in [5, 5.41) is 13.9. The average Bonchev–Trinajstić information content (AvgIpc) is 3.26. The first-order valence-electron chi connectivity index (χ1n) is 8.81. The molecule has 0 radical (unpaired) electrons. The molecule has 2 atom stereocenters. The molecular weight excluding hydrogens is 248 g/mol. The van der Waals surface area contributed by atoms with Crippen LogP contribution in [-0.2, 0) is 0 Å². The van der Waals surface area contributed by atoms with Gasteiger partial charge in [-0.1, -0.05) is 26.2 Å². The van der Waals surface area contributed by atoms with Crippen LogP contribution in [-0.4, -0.2) is 48.3 Å². The molecule has 0 aromatic rings. The summed E-state index contributed by atoms with van der Waals surface area (Å²) in [7, 11) is 0. The number of nitrogens with zero attached hydrogens (tertiary/aromatic N) is 1. The van der Waals surface area contributed by atoms with Crippen LogP contribution in [0.3, 0.4) is 0 Å². The van der Waals surface area contributed by atoms with E-state index in [1.165, 1.54) is 64.6 Å². The maximum atomic E-state index is 10.1. The van der Waals surface area contributed by atoms with E-state index < -0.39 is 0 Å². The lowest BCUT2D eigenvalue weighted by Gasteiger charge is -2.44. The molecule has 3 nitrogen and oxygen atoms in total. The minimum atomic E-state index is -0.110. The minimum absolute atomic E-state index is 0.110. The van der Waals surface area contributed by atoms with Crippen LogP contribution in [0.15, 0.2) is 0 Å². The van der Waals surface area contributed by atoms with Crippen molar-refractivity contribution in [2.75, 3.05) is 26.2 Å². The van der Waals surface area contributed by atoms with Gasteiger partial charge in [-0.3, -0.25) is 0 Å². The van der Waals surface area contributed by atoms with Gasteiger partial charge < -0.3 is 15.3 Å². The third-order valence-corrected chi connectivity index (χ3v) is 5.82. The van der Waals surface area contributed by atoms with E-state index in [0.29, 0.717) is 11.3 Å². The number of likely N-dealkylation sites (tertiary alicyclic amines) is 1. The van der Waals surface area contributed by atoms with Gasteiger partial charge in [0.25, 0.3) is 0 Å². The lowest BCUT2D eigenvalue weighted by atomic mass is 9.73. The van der Waals surface area contributed by atoms with Crippen molar-refractivity contribution in [2.45, 2.75) is 70.4 Å². The second-order valence-corrected chi connectivity index (χ2v) is 7.78. The molecule has 3 fully saturated rings. The normalized spacial score (nSPS) is 35.1. The van der Waals surface area contributed by atoms with Gasteiger partial charge in [-0.2, -0.15) is 0 Å². The van der Waals surface area contributed by atoms with Crippen LogP contribution in [0.25, 0.3) is 0 Å². The van der Waals surface area contributed by atoms with Crippen LogP contribution in [0.4, 0.5) is 0 Å². The van der Waals surface area contributed by atoms with Crippen LogP contribution in [0.5, 0.6) is 0 Å². The molecule has 2 saturated carbocycles. The largest absolute Gasteiger partial charge is 0.392 e. The third-order valence-electron chi connectivity index (χ3n) is 5.82. The summed E-state index contributed by atoms with van der Waals surface area (Å²) in [6.07, 6.45) is 10.8. The zero-order valence-electron chi connectivity index (χ0n) is 13.1. The molecule has 1 saturated heterocycles. The summed E-state index contributed by atoms with van der Waals surface area (Å²) in [5.41, 5.74) is 0.487. The molecule has 1 aliphatic heterocycles. The van der Waals surface area contributed by atoms with E-state index in [1.807, 2.05) is 0 Å². The number of piperidine rings is 1. The maximum Gasteiger partial charge on any atom is 0.0693 e. The summed E-state index contributed by atoms with van der Waals surface area (Å²) < 4.78 is 0. The van der Waals surface area contributed by atoms with Gasteiger partial charge in [-0.25, -0.2) is 0 Å². The molecule has 0 spiro atoms. The smallest absolute Gasteiger partial charge is 0.0693 e. The fourth-order valence-corrected chi connectivity index (χ4v) is 4.07. The standard InChI is InChI=1S/C17H32N2O/c1-14-7-10-19(11-16(14)20)13-17(8-3-2-4-9-17)12-18-15-5-6-15/h14-16,18,20H,2-13H2,1H3. The Kier molecular flexibility index (Phi) is 4.68. The number of nitrogens with one attached hydrogen (secondary N) is 1. The first kappa shape index (κ1) is 14.8. The zero-order valence-corrected chi connectivity index (χ0v) is 13.1. The van der Waals surface area contributed by atoms with Gasteiger partial charge in [0.15, 0.2) is 0 Å². The lowest BCUT2D eigenvalue weighted by molar-refractivity contribution is 0.00192. The molecule has 0 aromatic carbocycles. The number of hydrogen-bond donors (Lipinski definition) is 2. The van der Waals surface area contributed by atoms with E-state index in [1.54, 1.807) is 0 Å². The number of rotatable bonds is 5. The van der Waals surface area contributed by atoms with Gasteiger partial charge in [-0.15, -0.1) is 0 Å². The van der Waals surface area contributed by atoms with Crippen LogP contribution < -0.4 is 5.32 Å². The van der Waals surface area contributed by atoms with Crippen molar-refractivity contribution in [3.05, 3.63) is 0 Å². The quantitative estimate of drug-likeness (QED) is 0.812. The molecule has 2 N–H and O–H groups in total. The van der Waals surface area contributed by atoms with Crippen molar-refractivity contribution < 1.29 is 5.11 Å². The monoisotopic (exact) mass is 280 g/mol. The summed E-state index contributed by atoms with van der Waals surface area (Å²) >= 11 is 0. The van der Waals surface area contributed by atoms with Crippen LogP contribution >= 0.6 is 0 Å². The van der Waals surface area contributed by atoms with Crippen molar-refractivity contribution in [3.63, 3.8) is 0 Å². The summed E-state index contributed by atoms with van der Waals surface area (Å²) in [5.74, 6) is 0.484. The van der Waals surface area contributed by atoms with Crippen molar-refractivity contribution in [2.24, 2.45) is 11.3 Å². The summed E-state index contributed by atoms with van der Waals surface area (Å²) in [6, 6.07) is 0.820. The Hall–Kier alpha value is -0.120. The molecular formula is C17H32N2O. The zero-order chi connectivity index (χ0) is 14.0. The lowest BCUT2D eigenvalue weighted by Crippen LogP contribution is -2.51. The van der Waals surface area contributed by atoms with Gasteiger partial charge in [0.1, 0.15) is 0 Å². The van der Waals surface area contributed by atoms with Crippen LogP contribution in [0.1, 0.15) is 58.3 Å². The molecule has 0 bridgehead atoms. The van der Waals surface area contributed by atoms with E-state index in [-0.39, 0.29) is 6.10 Å².